The van der Waals surface area contributed by atoms with Gasteiger partial charge in [0.05, 0.1) is 22.4 Å². The van der Waals surface area contributed by atoms with Crippen molar-refractivity contribution >= 4 is 55.7 Å². The van der Waals surface area contributed by atoms with Gasteiger partial charge in [0.15, 0.2) is 0 Å². The van der Waals surface area contributed by atoms with Crippen molar-refractivity contribution in [1.82, 2.24) is 4.57 Å². The molecule has 12 aromatic rings. The van der Waals surface area contributed by atoms with Crippen molar-refractivity contribution in [1.29, 1.82) is 0 Å². The first-order valence-electron chi connectivity index (χ1n) is 29.1. The van der Waals surface area contributed by atoms with Gasteiger partial charge in [-0.15, -0.1) is 0 Å². The monoisotopic (exact) mass is 1050 g/mol. The highest BCUT2D eigenvalue weighted by molar-refractivity contribution is 6.16. The van der Waals surface area contributed by atoms with Gasteiger partial charge in [-0.2, -0.15) is 0 Å². The quantitative estimate of drug-likeness (QED) is 0.147. The molecule has 0 spiro atoms. The lowest BCUT2D eigenvalue weighted by Gasteiger charge is -2.31. The van der Waals surface area contributed by atoms with Gasteiger partial charge in [-0.25, -0.2) is 0 Å². The Balaban J connectivity index is 0.000000217. The first kappa shape index (κ1) is 54.0. The summed E-state index contributed by atoms with van der Waals surface area (Å²) in [5.41, 5.74) is 26.8. The summed E-state index contributed by atoms with van der Waals surface area (Å²) in [6.07, 6.45) is 4.68. The van der Waals surface area contributed by atoms with Gasteiger partial charge in [0.25, 0.3) is 0 Å². The van der Waals surface area contributed by atoms with Crippen LogP contribution >= 0.6 is 0 Å². The number of para-hydroxylation sites is 3. The van der Waals surface area contributed by atoms with E-state index in [1.165, 1.54) is 123 Å². The Morgan fingerprint density at radius 3 is 1.72 bits per heavy atom. The highest BCUT2D eigenvalue weighted by Gasteiger charge is 2.38. The molecule has 1 fully saturated rings. The Kier molecular flexibility index (Phi) is 15.3. The summed E-state index contributed by atoms with van der Waals surface area (Å²) in [4.78, 5) is 2.53. The van der Waals surface area contributed by atoms with Crippen molar-refractivity contribution in [3.8, 4) is 39.1 Å². The van der Waals surface area contributed by atoms with E-state index in [4.69, 9.17) is 0 Å². The van der Waals surface area contributed by atoms with E-state index in [2.05, 4.69) is 283 Å². The van der Waals surface area contributed by atoms with E-state index in [-0.39, 0.29) is 5.41 Å². The van der Waals surface area contributed by atoms with Crippen LogP contribution in [0, 0.1) is 34.6 Å². The van der Waals surface area contributed by atoms with Crippen molar-refractivity contribution in [2.45, 2.75) is 86.5 Å². The minimum absolute atomic E-state index is 0.180. The average Bonchev–Trinajstić information content (AvgIpc) is 4.40. The maximum absolute atomic E-state index is 4.13. The lowest BCUT2D eigenvalue weighted by Crippen LogP contribution is -2.17. The molecule has 0 aliphatic heterocycles. The highest BCUT2D eigenvalue weighted by atomic mass is 15.2. The number of hydrogen-bond donors (Lipinski definition) is 0. The molecule has 0 bridgehead atoms. The largest absolute Gasteiger partial charge is 0.308 e. The molecule has 0 unspecified atom stereocenters. The Morgan fingerprint density at radius 1 is 0.444 bits per heavy atom. The SMILES string of the molecule is C=Cc1ccccc1-c1ccc(N(c2cc3c(c4ccccc24)-c2ccc(C)cc2C3(C)C)c2cccc3c4ccccc4n(-c4ccccc4)c23)cc1C.CC.Cc1ccccc1.Cc1ccccc1-c1cccc(C)c1C1CC1. The third-order valence-electron chi connectivity index (χ3n) is 16.6. The molecule has 1 saturated carbocycles. The molecule has 400 valence electrons. The fraction of sp³-hybridized carbons (Fsp3) is 0.165. The van der Waals surface area contributed by atoms with Crippen LogP contribution in [0.1, 0.15) is 96.5 Å². The number of hydrogen-bond acceptors (Lipinski definition) is 1. The van der Waals surface area contributed by atoms with E-state index in [9.17, 15) is 0 Å². The Morgan fingerprint density at radius 2 is 1.02 bits per heavy atom. The number of benzene rings is 11. The normalized spacial score (nSPS) is 12.8. The van der Waals surface area contributed by atoms with E-state index in [1.807, 2.05) is 38.1 Å². The summed E-state index contributed by atoms with van der Waals surface area (Å²) < 4.78 is 2.45. The van der Waals surface area contributed by atoms with Crippen LogP contribution in [0.3, 0.4) is 0 Å². The van der Waals surface area contributed by atoms with Crippen LogP contribution in [-0.4, -0.2) is 4.57 Å². The zero-order chi connectivity index (χ0) is 56.4. The van der Waals surface area contributed by atoms with Gasteiger partial charge in [-0.05, 0) is 174 Å². The Bertz CT molecular complexity index is 4240. The van der Waals surface area contributed by atoms with Crippen molar-refractivity contribution in [2.24, 2.45) is 0 Å². The van der Waals surface area contributed by atoms with Crippen molar-refractivity contribution < 1.29 is 0 Å². The zero-order valence-corrected chi connectivity index (χ0v) is 48.7. The average molecular weight is 1050 g/mol. The summed E-state index contributed by atoms with van der Waals surface area (Å²) in [6, 6.07) is 86.1. The lowest BCUT2D eigenvalue weighted by molar-refractivity contribution is 0.660. The molecule has 0 atom stereocenters. The van der Waals surface area contributed by atoms with Crippen molar-refractivity contribution in [3.63, 3.8) is 0 Å². The van der Waals surface area contributed by atoms with E-state index in [0.29, 0.717) is 0 Å². The van der Waals surface area contributed by atoms with Crippen LogP contribution in [0.2, 0.25) is 0 Å². The molecule has 0 amide bonds. The topological polar surface area (TPSA) is 8.17 Å². The minimum Gasteiger partial charge on any atom is -0.308 e. The summed E-state index contributed by atoms with van der Waals surface area (Å²) in [5, 5.41) is 4.97. The molecule has 0 N–H and O–H groups in total. The van der Waals surface area contributed by atoms with Crippen molar-refractivity contribution in [2.75, 3.05) is 4.90 Å². The van der Waals surface area contributed by atoms with Crippen LogP contribution < -0.4 is 4.90 Å². The van der Waals surface area contributed by atoms with Crippen molar-refractivity contribution in [3.05, 3.63) is 293 Å². The fourth-order valence-corrected chi connectivity index (χ4v) is 12.5. The second-order valence-corrected chi connectivity index (χ2v) is 22.3. The minimum atomic E-state index is -0.180. The predicted molar refractivity (Wildman–Crippen MR) is 351 cm³/mol. The second kappa shape index (κ2) is 23.0. The molecule has 2 nitrogen and oxygen atoms in total. The number of aryl methyl sites for hydroxylation is 5. The Hall–Kier alpha value is -8.98. The molecule has 0 saturated heterocycles. The molecule has 1 heterocycles. The van der Waals surface area contributed by atoms with Crippen LogP contribution in [0.5, 0.6) is 0 Å². The molecule has 2 aliphatic carbocycles. The van der Waals surface area contributed by atoms with Crippen LogP contribution in [0.15, 0.2) is 243 Å². The second-order valence-electron chi connectivity index (χ2n) is 22.3. The summed E-state index contributed by atoms with van der Waals surface area (Å²) in [7, 11) is 0. The maximum atomic E-state index is 4.13. The molecular formula is C79H74N2. The van der Waals surface area contributed by atoms with E-state index in [0.717, 1.165) is 28.5 Å². The molecule has 0 radical (unpaired) electrons. The number of rotatable bonds is 8. The third kappa shape index (κ3) is 10.2. The molecule has 2 heteroatoms. The number of nitrogens with zero attached hydrogens (tertiary/aromatic N) is 2. The molecule has 81 heavy (non-hydrogen) atoms. The number of fused-ring (bicyclic) bond motifs is 8. The van der Waals surface area contributed by atoms with Gasteiger partial charge >= 0.3 is 0 Å². The molecule has 2 aliphatic rings. The lowest BCUT2D eigenvalue weighted by atomic mass is 9.81. The number of anilines is 3. The first-order valence-corrected chi connectivity index (χ1v) is 29.1. The third-order valence-corrected chi connectivity index (χ3v) is 16.6. The standard InChI is InChI=1S/C53H42N2.C17H18.C7H8.C2H6/c1-6-36-17-10-11-20-40(36)39-30-28-38(32-35(39)3)54(49-26-16-24-44-42-22-14-15-25-48(42)55(52(44)49)37-18-8-7-9-19-37)50-33-47-51(43-23-13-12-21-41(43)50)45-29-27-34(2)31-46(45)53(47,4)5;1-12-6-3-4-8-15(12)16-9-5-7-13(2)17(16)14-10-11-14;1-7-5-3-2-4-6-7;1-2/h6-33H,1H2,2-5H3;3-9,14H,10-11H2,1-2H3;2-6H,1H3;1-2H3. The van der Waals surface area contributed by atoms with Gasteiger partial charge in [0.2, 0.25) is 0 Å². The highest BCUT2D eigenvalue weighted by Crippen LogP contribution is 2.56. The first-order chi connectivity index (χ1) is 39.5. The molecule has 14 rings (SSSR count). The van der Waals surface area contributed by atoms with Gasteiger partial charge in [0.1, 0.15) is 0 Å². The zero-order valence-electron chi connectivity index (χ0n) is 48.7. The summed E-state index contributed by atoms with van der Waals surface area (Å²) in [5.74, 6) is 0.811. The maximum Gasteiger partial charge on any atom is 0.0782 e. The van der Waals surface area contributed by atoms with Gasteiger partial charge in [-0.3, -0.25) is 0 Å². The van der Waals surface area contributed by atoms with Crippen LogP contribution in [-0.2, 0) is 5.41 Å². The molecule has 11 aromatic carbocycles. The predicted octanol–water partition coefficient (Wildman–Crippen LogP) is 22.5. The van der Waals surface area contributed by atoms with E-state index in [1.54, 1.807) is 5.56 Å². The van der Waals surface area contributed by atoms with E-state index < -0.39 is 0 Å². The van der Waals surface area contributed by atoms with Gasteiger partial charge < -0.3 is 9.47 Å². The smallest absolute Gasteiger partial charge is 0.0782 e. The summed E-state index contributed by atoms with van der Waals surface area (Å²) >= 11 is 0. The van der Waals surface area contributed by atoms with Gasteiger partial charge in [0, 0.05) is 32.9 Å². The molecule has 1 aromatic heterocycles. The van der Waals surface area contributed by atoms with Crippen LogP contribution in [0.4, 0.5) is 17.1 Å². The number of aromatic nitrogens is 1. The Labute approximate surface area is 481 Å². The van der Waals surface area contributed by atoms with E-state index >= 15 is 0 Å². The van der Waals surface area contributed by atoms with Gasteiger partial charge in [-0.1, -0.05) is 246 Å². The molecular weight excluding hydrogens is 977 g/mol. The summed E-state index contributed by atoms with van der Waals surface area (Å²) in [6.45, 7) is 23.9. The fourth-order valence-electron chi connectivity index (χ4n) is 12.5. The van der Waals surface area contributed by atoms with Crippen LogP contribution in [0.25, 0.3) is 77.7 Å².